The predicted molar refractivity (Wildman–Crippen MR) is 108 cm³/mol. The van der Waals surface area contributed by atoms with Crippen molar-refractivity contribution in [3.63, 3.8) is 0 Å². The molecule has 0 spiro atoms. The van der Waals surface area contributed by atoms with Crippen molar-refractivity contribution in [1.82, 2.24) is 25.2 Å². The number of hydrogen-bond donors (Lipinski definition) is 2. The van der Waals surface area contributed by atoms with Crippen molar-refractivity contribution in [3.8, 4) is 0 Å². The van der Waals surface area contributed by atoms with Crippen molar-refractivity contribution in [2.75, 3.05) is 36.8 Å². The highest BCUT2D eigenvalue weighted by Gasteiger charge is 2.37. The quantitative estimate of drug-likeness (QED) is 0.823. The lowest BCUT2D eigenvalue weighted by atomic mass is 9.94. The number of carbonyl (C=O) groups is 1. The molecule has 3 aliphatic rings. The zero-order valence-electron chi connectivity index (χ0n) is 15.4. The molecule has 2 N–H and O–H groups in total. The highest BCUT2D eigenvalue weighted by molar-refractivity contribution is 8.04. The van der Waals surface area contributed by atoms with Gasteiger partial charge < -0.3 is 20.1 Å². The van der Waals surface area contributed by atoms with Gasteiger partial charge in [-0.3, -0.25) is 4.79 Å². The molecule has 0 bridgehead atoms. The van der Waals surface area contributed by atoms with Gasteiger partial charge in [0.1, 0.15) is 17.8 Å². The smallest absolute Gasteiger partial charge is 0.261 e. The van der Waals surface area contributed by atoms with Gasteiger partial charge in [-0.25, -0.2) is 9.97 Å². The maximum absolute atomic E-state index is 13.1. The number of amides is 1. The molecule has 0 aliphatic carbocycles. The molecule has 8 heteroatoms. The first-order valence-corrected chi connectivity index (χ1v) is 10.6. The Kier molecular flexibility index (Phi) is 4.32. The minimum absolute atomic E-state index is 0.164. The number of likely N-dealkylation sites (tertiary alicyclic amines) is 1. The molecule has 2 unspecified atom stereocenters. The molecule has 0 aromatic carbocycles. The minimum Gasteiger partial charge on any atom is -0.346 e. The van der Waals surface area contributed by atoms with Crippen LogP contribution in [0.25, 0.3) is 11.0 Å². The molecule has 142 valence electrons. The topological polar surface area (TPSA) is 77.2 Å². The van der Waals surface area contributed by atoms with Crippen LogP contribution in [0.5, 0.6) is 0 Å². The largest absolute Gasteiger partial charge is 0.346 e. The van der Waals surface area contributed by atoms with E-state index in [-0.39, 0.29) is 5.91 Å². The van der Waals surface area contributed by atoms with E-state index in [2.05, 4.69) is 32.1 Å². The van der Waals surface area contributed by atoms with Crippen molar-refractivity contribution in [1.29, 1.82) is 0 Å². The van der Waals surface area contributed by atoms with Gasteiger partial charge in [0.15, 0.2) is 0 Å². The number of anilines is 1. The summed E-state index contributed by atoms with van der Waals surface area (Å²) in [4.78, 5) is 30.1. The number of aromatic nitrogens is 3. The molecule has 1 amide bonds. The van der Waals surface area contributed by atoms with Crippen LogP contribution < -0.4 is 10.2 Å². The fraction of sp³-hybridized carbons (Fsp3) is 0.526. The molecule has 0 saturated carbocycles. The summed E-state index contributed by atoms with van der Waals surface area (Å²) in [7, 11) is 0. The summed E-state index contributed by atoms with van der Waals surface area (Å²) in [5.74, 6) is 2.53. The lowest BCUT2D eigenvalue weighted by Crippen LogP contribution is -2.41. The number of nitrogens with zero attached hydrogens (tertiary/aromatic N) is 4. The Morgan fingerprint density at radius 2 is 2.26 bits per heavy atom. The van der Waals surface area contributed by atoms with Gasteiger partial charge in [0.25, 0.3) is 5.91 Å². The standard InChI is InChI=1S/C19H24N6OS/c1-12-7-21-17-16(12)18(23-11-22-17)24-5-6-27-15(10-24)19(26)25-8-13-3-2-4-20-14(13)9-25/h7,10-11,13-14,20H,2-6,8-9H2,1H3,(H,21,22,23). The highest BCUT2D eigenvalue weighted by Crippen LogP contribution is 2.33. The second-order valence-electron chi connectivity index (χ2n) is 7.60. The van der Waals surface area contributed by atoms with Gasteiger partial charge in [-0.1, -0.05) is 0 Å². The summed E-state index contributed by atoms with van der Waals surface area (Å²) in [5.41, 5.74) is 1.96. The first kappa shape index (κ1) is 17.1. The lowest BCUT2D eigenvalue weighted by molar-refractivity contribution is -0.125. The van der Waals surface area contributed by atoms with Crippen molar-refractivity contribution in [2.45, 2.75) is 25.8 Å². The normalized spacial score (nSPS) is 25.6. The van der Waals surface area contributed by atoms with Gasteiger partial charge >= 0.3 is 0 Å². The number of rotatable bonds is 2. The van der Waals surface area contributed by atoms with Gasteiger partial charge in [0, 0.05) is 43.8 Å². The average Bonchev–Trinajstić information content (AvgIpc) is 3.31. The van der Waals surface area contributed by atoms with Crippen LogP contribution in [0.3, 0.4) is 0 Å². The Bertz CT molecular complexity index is 895. The van der Waals surface area contributed by atoms with Crippen LogP contribution in [0.2, 0.25) is 0 Å². The molecule has 3 aliphatic heterocycles. The Morgan fingerprint density at radius 1 is 1.33 bits per heavy atom. The van der Waals surface area contributed by atoms with E-state index in [0.717, 1.165) is 59.3 Å². The SMILES string of the molecule is Cc1c[nH]c2ncnc(N3C=C(C(=O)N4CC5CCCNC5C4)SCC3)c12. The van der Waals surface area contributed by atoms with Gasteiger partial charge in [-0.15, -0.1) is 11.8 Å². The van der Waals surface area contributed by atoms with E-state index in [9.17, 15) is 4.79 Å². The fourth-order valence-corrected chi connectivity index (χ4v) is 5.43. The number of H-pyrrole nitrogens is 1. The number of aryl methyl sites for hydroxylation is 1. The third-order valence-corrected chi connectivity index (χ3v) is 6.86. The van der Waals surface area contributed by atoms with Crippen molar-refractivity contribution < 1.29 is 4.79 Å². The molecule has 0 radical (unpaired) electrons. The molecule has 7 nitrogen and oxygen atoms in total. The monoisotopic (exact) mass is 384 g/mol. The van der Waals surface area contributed by atoms with E-state index in [1.165, 1.54) is 12.8 Å². The summed E-state index contributed by atoms with van der Waals surface area (Å²) in [5, 5.41) is 4.61. The Hall–Kier alpha value is -2.06. The van der Waals surface area contributed by atoms with Gasteiger partial charge in [-0.05, 0) is 37.8 Å². The van der Waals surface area contributed by atoms with Crippen molar-refractivity contribution in [2.24, 2.45) is 5.92 Å². The summed E-state index contributed by atoms with van der Waals surface area (Å²) >= 11 is 1.66. The van der Waals surface area contributed by atoms with Crippen molar-refractivity contribution in [3.05, 3.63) is 29.2 Å². The first-order chi connectivity index (χ1) is 13.2. The molecule has 2 aromatic heterocycles. The second kappa shape index (κ2) is 6.83. The Balaban J connectivity index is 1.41. The number of hydrogen-bond acceptors (Lipinski definition) is 6. The minimum atomic E-state index is 0.164. The average molecular weight is 385 g/mol. The zero-order valence-corrected chi connectivity index (χ0v) is 16.3. The molecule has 2 atom stereocenters. The predicted octanol–water partition coefficient (Wildman–Crippen LogP) is 1.87. The molecule has 5 rings (SSSR count). The van der Waals surface area contributed by atoms with Crippen LogP contribution >= 0.6 is 11.8 Å². The van der Waals surface area contributed by atoms with Crippen LogP contribution in [0.15, 0.2) is 23.6 Å². The van der Waals surface area contributed by atoms with Crippen LogP contribution in [-0.4, -0.2) is 63.7 Å². The molecule has 2 fully saturated rings. The zero-order chi connectivity index (χ0) is 18.4. The molecule has 5 heterocycles. The summed E-state index contributed by atoms with van der Waals surface area (Å²) in [6, 6.07) is 0.469. The van der Waals surface area contributed by atoms with Crippen LogP contribution in [-0.2, 0) is 4.79 Å². The van der Waals surface area contributed by atoms with E-state index in [0.29, 0.717) is 12.0 Å². The third kappa shape index (κ3) is 3.00. The summed E-state index contributed by atoms with van der Waals surface area (Å²) in [6.07, 6.45) is 7.97. The Labute approximate surface area is 162 Å². The van der Waals surface area contributed by atoms with Crippen LogP contribution in [0.1, 0.15) is 18.4 Å². The van der Waals surface area contributed by atoms with E-state index >= 15 is 0 Å². The maximum atomic E-state index is 13.1. The summed E-state index contributed by atoms with van der Waals surface area (Å²) < 4.78 is 0. The number of thioether (sulfide) groups is 1. The van der Waals surface area contributed by atoms with E-state index in [1.54, 1.807) is 18.1 Å². The van der Waals surface area contributed by atoms with E-state index < -0.39 is 0 Å². The summed E-state index contributed by atoms with van der Waals surface area (Å²) in [6.45, 7) is 5.68. The van der Waals surface area contributed by atoms with Gasteiger partial charge in [0.2, 0.25) is 0 Å². The fourth-order valence-electron chi connectivity index (χ4n) is 4.47. The lowest BCUT2D eigenvalue weighted by Gasteiger charge is -2.27. The maximum Gasteiger partial charge on any atom is 0.261 e. The van der Waals surface area contributed by atoms with E-state index in [1.807, 2.05) is 17.3 Å². The number of aromatic amines is 1. The van der Waals surface area contributed by atoms with Crippen molar-refractivity contribution >= 4 is 34.5 Å². The molecule has 2 saturated heterocycles. The molecule has 2 aromatic rings. The second-order valence-corrected chi connectivity index (χ2v) is 8.74. The number of carbonyl (C=O) groups excluding carboxylic acids is 1. The van der Waals surface area contributed by atoms with Gasteiger partial charge in [0.05, 0.1) is 10.3 Å². The number of nitrogens with one attached hydrogen (secondary N) is 2. The molecular weight excluding hydrogens is 360 g/mol. The number of piperidine rings is 1. The molecule has 27 heavy (non-hydrogen) atoms. The van der Waals surface area contributed by atoms with Crippen LogP contribution in [0, 0.1) is 12.8 Å². The molecular formula is C19H24N6OS. The van der Waals surface area contributed by atoms with Crippen LogP contribution in [0.4, 0.5) is 5.82 Å². The first-order valence-electron chi connectivity index (χ1n) is 9.63. The van der Waals surface area contributed by atoms with E-state index in [4.69, 9.17) is 0 Å². The highest BCUT2D eigenvalue weighted by atomic mass is 32.2. The Morgan fingerprint density at radius 3 is 3.15 bits per heavy atom. The third-order valence-electron chi connectivity index (χ3n) is 5.88. The number of fused-ring (bicyclic) bond motifs is 2. The van der Waals surface area contributed by atoms with Gasteiger partial charge in [-0.2, -0.15) is 0 Å².